The molecule has 0 saturated heterocycles. The van der Waals surface area contributed by atoms with Crippen LogP contribution in [0.4, 0.5) is 0 Å². The van der Waals surface area contributed by atoms with Gasteiger partial charge in [0.05, 0.1) is 11.0 Å². The van der Waals surface area contributed by atoms with E-state index < -0.39 is 11.9 Å². The van der Waals surface area contributed by atoms with E-state index in [1.807, 2.05) is 0 Å². The van der Waals surface area contributed by atoms with Crippen molar-refractivity contribution < 1.29 is 19.8 Å². The van der Waals surface area contributed by atoms with Crippen molar-refractivity contribution in [2.24, 2.45) is 9.98 Å². The predicted molar refractivity (Wildman–Crippen MR) is 173 cm³/mol. The number of carboxylic acid groups (broad SMARTS) is 2. The van der Waals surface area contributed by atoms with Gasteiger partial charge in [-0.15, -0.1) is 0 Å². The number of carboxylic acids is 2. The fraction of sp³-hybridized carbons (Fsp3) is 0.242. The molecule has 11 nitrogen and oxygen atoms in total. The van der Waals surface area contributed by atoms with Crippen LogP contribution >= 0.6 is 0 Å². The van der Waals surface area contributed by atoms with E-state index >= 15 is 0 Å². The second-order valence-electron chi connectivity index (χ2n) is 10.4. The van der Waals surface area contributed by atoms with E-state index in [4.69, 9.17) is 24.8 Å². The van der Waals surface area contributed by atoms with Gasteiger partial charge in [-0.1, -0.05) is 36.4 Å². The van der Waals surface area contributed by atoms with Crippen molar-refractivity contribution in [3.63, 3.8) is 0 Å². The maximum atomic E-state index is 9.00. The lowest BCUT2D eigenvalue weighted by atomic mass is 10.0. The monoisotopic (exact) mass is 593 g/mol. The van der Waals surface area contributed by atoms with Gasteiger partial charge in [-0.05, 0) is 42.7 Å². The van der Waals surface area contributed by atoms with Gasteiger partial charge in [-0.3, -0.25) is 19.6 Å². The van der Waals surface area contributed by atoms with Crippen molar-refractivity contribution in [2.75, 3.05) is 26.2 Å². The summed E-state index contributed by atoms with van der Waals surface area (Å²) in [6, 6.07) is 21.4. The third-order valence-electron chi connectivity index (χ3n) is 6.97. The Kier molecular flexibility index (Phi) is 9.34. The van der Waals surface area contributed by atoms with Gasteiger partial charge in [0.25, 0.3) is 11.9 Å². The number of nitrogens with zero attached hydrogens (tertiary/aromatic N) is 3. The first-order valence-electron chi connectivity index (χ1n) is 14.5. The Morgan fingerprint density at radius 1 is 0.705 bits per heavy atom. The van der Waals surface area contributed by atoms with Crippen LogP contribution in [0.15, 0.2) is 76.8 Å². The quantitative estimate of drug-likeness (QED) is 0.170. The van der Waals surface area contributed by atoms with Crippen LogP contribution < -0.4 is 10.6 Å². The molecule has 0 bridgehead atoms. The number of rotatable bonds is 4. The first-order chi connectivity index (χ1) is 21.3. The number of benzene rings is 3. The molecule has 4 heterocycles. The number of carbonyl (C=O) groups is 2. The summed E-state index contributed by atoms with van der Waals surface area (Å²) in [7, 11) is 0. The molecule has 0 atom stereocenters. The maximum Gasteiger partial charge on any atom is 0.300 e. The van der Waals surface area contributed by atoms with Crippen LogP contribution in [0.3, 0.4) is 0 Å². The van der Waals surface area contributed by atoms with Gasteiger partial charge >= 0.3 is 0 Å². The van der Waals surface area contributed by atoms with Crippen molar-refractivity contribution in [1.29, 1.82) is 0 Å². The average molecular weight is 594 g/mol. The Balaban J connectivity index is 0.000000432. The Morgan fingerprint density at radius 2 is 1.23 bits per heavy atom. The SMILES string of the molecule is CC(=O)O.CC(=O)O.c1cc2nc(-c3ccc(-c4c[nH]c5cc(C6=NCCCN6)ccc45)cc3)[nH]c2cc1C1=NCCCN1. The number of aliphatic carboxylic acids is 2. The number of imidazole rings is 1. The van der Waals surface area contributed by atoms with Crippen molar-refractivity contribution in [3.05, 3.63) is 78.0 Å². The van der Waals surface area contributed by atoms with E-state index in [1.54, 1.807) is 0 Å². The molecule has 0 amide bonds. The molecule has 0 spiro atoms. The molecule has 0 fully saturated rings. The van der Waals surface area contributed by atoms with Crippen LogP contribution in [0.2, 0.25) is 0 Å². The molecule has 6 N–H and O–H groups in total. The molecule has 2 aromatic heterocycles. The minimum Gasteiger partial charge on any atom is -0.481 e. The van der Waals surface area contributed by atoms with E-state index in [1.165, 1.54) is 16.5 Å². The number of aromatic amines is 2. The van der Waals surface area contributed by atoms with Gasteiger partial charge in [0.15, 0.2) is 0 Å². The van der Waals surface area contributed by atoms with Crippen molar-refractivity contribution in [1.82, 2.24) is 25.6 Å². The van der Waals surface area contributed by atoms with Gasteiger partial charge in [-0.2, -0.15) is 0 Å². The minimum absolute atomic E-state index is 0.833. The molecule has 2 aliphatic heterocycles. The lowest BCUT2D eigenvalue weighted by Crippen LogP contribution is -2.30. The van der Waals surface area contributed by atoms with E-state index in [0.717, 1.165) is 104 Å². The first-order valence-corrected chi connectivity index (χ1v) is 14.5. The van der Waals surface area contributed by atoms with Crippen molar-refractivity contribution in [2.45, 2.75) is 26.7 Å². The first kappa shape index (κ1) is 30.0. The summed E-state index contributed by atoms with van der Waals surface area (Å²) in [5, 5.41) is 22.8. The Morgan fingerprint density at radius 3 is 1.80 bits per heavy atom. The minimum atomic E-state index is -0.833. The van der Waals surface area contributed by atoms with E-state index in [9.17, 15) is 0 Å². The third kappa shape index (κ3) is 7.30. The fourth-order valence-corrected chi connectivity index (χ4v) is 5.07. The highest BCUT2D eigenvalue weighted by Crippen LogP contribution is 2.31. The molecule has 44 heavy (non-hydrogen) atoms. The van der Waals surface area contributed by atoms with Gasteiger partial charge in [0, 0.05) is 79.4 Å². The van der Waals surface area contributed by atoms with Crippen LogP contribution in [0.25, 0.3) is 44.5 Å². The normalized spacial score (nSPS) is 14.1. The van der Waals surface area contributed by atoms with Crippen LogP contribution in [0.5, 0.6) is 0 Å². The summed E-state index contributed by atoms with van der Waals surface area (Å²) in [5.41, 5.74) is 8.75. The van der Waals surface area contributed by atoms with E-state index in [2.05, 4.69) is 97.4 Å². The summed E-state index contributed by atoms with van der Waals surface area (Å²) in [4.78, 5) is 39.0. The third-order valence-corrected chi connectivity index (χ3v) is 6.97. The number of hydrogen-bond donors (Lipinski definition) is 6. The molecular formula is C33H35N7O4. The fourth-order valence-electron chi connectivity index (χ4n) is 5.07. The Labute approximate surface area is 254 Å². The summed E-state index contributed by atoms with van der Waals surface area (Å²) in [6.45, 7) is 5.90. The number of H-pyrrole nitrogens is 2. The highest BCUT2D eigenvalue weighted by Gasteiger charge is 2.13. The lowest BCUT2D eigenvalue weighted by molar-refractivity contribution is -0.135. The topological polar surface area (TPSA) is 168 Å². The molecule has 7 rings (SSSR count). The molecule has 0 unspecified atom stereocenters. The van der Waals surface area contributed by atoms with E-state index in [-0.39, 0.29) is 0 Å². The second-order valence-corrected chi connectivity index (χ2v) is 10.4. The molecule has 0 radical (unpaired) electrons. The standard InChI is InChI=1S/C29H27N7.2C2H4O2/c1-11-30-27(31-12-1)20-7-9-22-23(17-34-25(22)15-20)18-3-5-19(6-4-18)29-35-24-10-8-21(16-26(24)36-29)28-32-13-2-14-33-28;2*1-2(3)4/h3-10,15-17,34H,1-2,11-14H2,(H,30,31)(H,32,33)(H,35,36);2*1H3,(H,3,4). The van der Waals surface area contributed by atoms with Gasteiger partial charge in [-0.25, -0.2) is 4.98 Å². The highest BCUT2D eigenvalue weighted by molar-refractivity contribution is 6.04. The zero-order chi connectivity index (χ0) is 31.1. The van der Waals surface area contributed by atoms with Crippen LogP contribution in [0.1, 0.15) is 37.8 Å². The van der Waals surface area contributed by atoms with Gasteiger partial charge < -0.3 is 30.8 Å². The molecule has 0 aliphatic carbocycles. The van der Waals surface area contributed by atoms with E-state index in [0.29, 0.717) is 0 Å². The molecule has 226 valence electrons. The molecule has 5 aromatic rings. The molecule has 0 saturated carbocycles. The number of amidine groups is 2. The van der Waals surface area contributed by atoms with Gasteiger partial charge in [0.1, 0.15) is 17.5 Å². The zero-order valence-electron chi connectivity index (χ0n) is 24.6. The predicted octanol–water partition coefficient (Wildman–Crippen LogP) is 5.04. The number of hydrogen-bond acceptors (Lipinski definition) is 7. The summed E-state index contributed by atoms with van der Waals surface area (Å²) in [6.07, 6.45) is 4.27. The molecule has 11 heteroatoms. The maximum absolute atomic E-state index is 9.00. The molecule has 2 aliphatic rings. The molecule has 3 aromatic carbocycles. The lowest BCUT2D eigenvalue weighted by Gasteiger charge is -2.14. The number of nitrogens with one attached hydrogen (secondary N) is 4. The smallest absolute Gasteiger partial charge is 0.300 e. The Hall–Kier alpha value is -5.45. The number of aromatic nitrogens is 3. The number of aliphatic imine (C=N–C) groups is 2. The number of fused-ring (bicyclic) bond motifs is 2. The van der Waals surface area contributed by atoms with Crippen LogP contribution in [0, 0.1) is 0 Å². The summed E-state index contributed by atoms with van der Waals surface area (Å²) < 4.78 is 0. The summed E-state index contributed by atoms with van der Waals surface area (Å²) >= 11 is 0. The van der Waals surface area contributed by atoms with Crippen LogP contribution in [-0.2, 0) is 9.59 Å². The van der Waals surface area contributed by atoms with Crippen LogP contribution in [-0.4, -0.2) is 75.0 Å². The average Bonchev–Trinajstić information content (AvgIpc) is 3.65. The van der Waals surface area contributed by atoms with Crippen molar-refractivity contribution in [3.8, 4) is 22.5 Å². The Bertz CT molecular complexity index is 1830. The molecular weight excluding hydrogens is 558 g/mol. The summed E-state index contributed by atoms with van der Waals surface area (Å²) in [5.74, 6) is 1.17. The highest BCUT2D eigenvalue weighted by atomic mass is 16.4. The van der Waals surface area contributed by atoms with Gasteiger partial charge in [0.2, 0.25) is 0 Å². The largest absolute Gasteiger partial charge is 0.481 e. The second kappa shape index (κ2) is 13.7. The zero-order valence-corrected chi connectivity index (χ0v) is 24.6. The van der Waals surface area contributed by atoms with Crippen molar-refractivity contribution >= 4 is 45.5 Å².